The Hall–Kier alpha value is -2.93. The largest absolute Gasteiger partial charge is 0.484 e. The third-order valence-electron chi connectivity index (χ3n) is 4.33. The van der Waals surface area contributed by atoms with Crippen molar-refractivity contribution in [2.45, 2.75) is 0 Å². The van der Waals surface area contributed by atoms with Gasteiger partial charge in [-0.2, -0.15) is 0 Å². The Labute approximate surface area is 157 Å². The number of para-hydroxylation sites is 1. The molecule has 0 bridgehead atoms. The van der Waals surface area contributed by atoms with Crippen LogP contribution in [0.15, 0.2) is 54.6 Å². The summed E-state index contributed by atoms with van der Waals surface area (Å²) in [4.78, 5) is 28.1. The lowest BCUT2D eigenvalue weighted by molar-refractivity contribution is -0.135. The van der Waals surface area contributed by atoms with Gasteiger partial charge >= 0.3 is 0 Å². The van der Waals surface area contributed by atoms with E-state index >= 15 is 0 Å². The Morgan fingerprint density at radius 1 is 0.963 bits per heavy atom. The predicted octanol–water partition coefficient (Wildman–Crippen LogP) is 1.99. The summed E-state index contributed by atoms with van der Waals surface area (Å²) in [6, 6.07) is 14.9. The zero-order chi connectivity index (χ0) is 19.1. The number of benzene rings is 2. The summed E-state index contributed by atoms with van der Waals surface area (Å²) in [5.41, 5.74) is 0.563. The Morgan fingerprint density at radius 2 is 1.63 bits per heavy atom. The van der Waals surface area contributed by atoms with E-state index in [0.29, 0.717) is 37.6 Å². The third-order valence-corrected chi connectivity index (χ3v) is 4.33. The average molecular weight is 371 g/mol. The van der Waals surface area contributed by atoms with E-state index in [9.17, 15) is 14.0 Å². The quantitative estimate of drug-likeness (QED) is 0.844. The van der Waals surface area contributed by atoms with Gasteiger partial charge in [-0.15, -0.1) is 0 Å². The number of halogens is 1. The first-order valence-electron chi connectivity index (χ1n) is 8.83. The lowest BCUT2D eigenvalue weighted by Crippen LogP contribution is -2.51. The fraction of sp³-hybridized carbons (Fsp3) is 0.300. The molecule has 1 fully saturated rings. The number of carbonyl (C=O) groups is 2. The van der Waals surface area contributed by atoms with E-state index in [1.807, 2.05) is 35.2 Å². The number of rotatable bonds is 6. The lowest BCUT2D eigenvalue weighted by Gasteiger charge is -2.34. The molecule has 2 aromatic rings. The first kappa shape index (κ1) is 18.8. The minimum absolute atomic E-state index is 0.00899. The molecule has 1 aliphatic heterocycles. The number of hydrogen-bond donors (Lipinski definition) is 1. The molecule has 0 atom stereocenters. The highest BCUT2D eigenvalue weighted by atomic mass is 19.1. The Bertz CT molecular complexity index is 760. The van der Waals surface area contributed by atoms with Gasteiger partial charge in [0.25, 0.3) is 5.91 Å². The summed E-state index contributed by atoms with van der Waals surface area (Å²) in [5, 5.41) is 2.74. The van der Waals surface area contributed by atoms with Crippen molar-refractivity contribution in [3.63, 3.8) is 0 Å². The Balaban J connectivity index is 1.38. The van der Waals surface area contributed by atoms with E-state index in [4.69, 9.17) is 4.74 Å². The molecule has 0 spiro atoms. The van der Waals surface area contributed by atoms with Crippen LogP contribution in [0, 0.1) is 5.82 Å². The molecule has 0 aromatic heterocycles. The molecule has 3 rings (SSSR count). The van der Waals surface area contributed by atoms with Gasteiger partial charge < -0.3 is 15.0 Å². The molecule has 27 heavy (non-hydrogen) atoms. The van der Waals surface area contributed by atoms with Gasteiger partial charge in [0.15, 0.2) is 6.61 Å². The van der Waals surface area contributed by atoms with Crippen molar-refractivity contribution in [3.8, 4) is 5.75 Å². The standard InChI is InChI=1S/C20H22FN3O3/c21-16-6-8-17(9-7-16)22-19(25)14-23-10-12-24(13-11-23)20(26)15-27-18-4-2-1-3-5-18/h1-9H,10-15H2,(H,22,25). The number of nitrogens with zero attached hydrogens (tertiary/aromatic N) is 2. The van der Waals surface area contributed by atoms with Gasteiger partial charge in [-0.1, -0.05) is 18.2 Å². The van der Waals surface area contributed by atoms with Crippen LogP contribution in [0.25, 0.3) is 0 Å². The smallest absolute Gasteiger partial charge is 0.260 e. The molecule has 2 amide bonds. The molecule has 6 nitrogen and oxygen atoms in total. The zero-order valence-electron chi connectivity index (χ0n) is 14.9. The van der Waals surface area contributed by atoms with Gasteiger partial charge in [-0.05, 0) is 36.4 Å². The van der Waals surface area contributed by atoms with E-state index < -0.39 is 0 Å². The number of nitrogens with one attached hydrogen (secondary N) is 1. The van der Waals surface area contributed by atoms with Gasteiger partial charge in [-0.3, -0.25) is 14.5 Å². The maximum absolute atomic E-state index is 12.9. The second-order valence-corrected chi connectivity index (χ2v) is 6.31. The number of ether oxygens (including phenoxy) is 1. The molecular weight excluding hydrogens is 349 g/mol. The maximum atomic E-state index is 12.9. The van der Waals surface area contributed by atoms with Crippen LogP contribution in [0.5, 0.6) is 5.75 Å². The number of piperazine rings is 1. The van der Waals surface area contributed by atoms with E-state index in [0.717, 1.165) is 0 Å². The summed E-state index contributed by atoms with van der Waals surface area (Å²) in [6.45, 7) is 2.60. The van der Waals surface area contributed by atoms with Gasteiger partial charge in [0.2, 0.25) is 5.91 Å². The number of hydrogen-bond acceptors (Lipinski definition) is 4. The van der Waals surface area contributed by atoms with Crippen LogP contribution in [0.1, 0.15) is 0 Å². The first-order chi connectivity index (χ1) is 13.1. The lowest BCUT2D eigenvalue weighted by atomic mass is 10.3. The minimum Gasteiger partial charge on any atom is -0.484 e. The molecule has 1 N–H and O–H groups in total. The van der Waals surface area contributed by atoms with Crippen LogP contribution in [0.2, 0.25) is 0 Å². The summed E-state index contributed by atoms with van der Waals surface area (Å²) in [7, 11) is 0. The van der Waals surface area contributed by atoms with Crippen molar-refractivity contribution in [3.05, 3.63) is 60.4 Å². The predicted molar refractivity (Wildman–Crippen MR) is 100.0 cm³/mol. The Kier molecular flexibility index (Phi) is 6.38. The molecule has 1 aliphatic rings. The van der Waals surface area contributed by atoms with E-state index in [-0.39, 0.29) is 30.8 Å². The molecule has 0 radical (unpaired) electrons. The normalized spacial score (nSPS) is 14.6. The van der Waals surface area contributed by atoms with Crippen molar-refractivity contribution in [2.75, 3.05) is 44.6 Å². The number of carbonyl (C=O) groups excluding carboxylic acids is 2. The first-order valence-corrected chi connectivity index (χ1v) is 8.83. The molecule has 1 saturated heterocycles. The molecule has 1 heterocycles. The topological polar surface area (TPSA) is 61.9 Å². The van der Waals surface area contributed by atoms with Gasteiger partial charge in [-0.25, -0.2) is 4.39 Å². The molecule has 142 valence electrons. The molecule has 7 heteroatoms. The van der Waals surface area contributed by atoms with E-state index in [2.05, 4.69) is 5.32 Å². The van der Waals surface area contributed by atoms with Crippen LogP contribution in [0.3, 0.4) is 0 Å². The number of anilines is 1. The maximum Gasteiger partial charge on any atom is 0.260 e. The van der Waals surface area contributed by atoms with Crippen molar-refractivity contribution in [1.82, 2.24) is 9.80 Å². The minimum atomic E-state index is -0.343. The summed E-state index contributed by atoms with van der Waals surface area (Å²) in [6.07, 6.45) is 0. The van der Waals surface area contributed by atoms with Crippen LogP contribution in [-0.4, -0.2) is 60.9 Å². The zero-order valence-corrected chi connectivity index (χ0v) is 14.9. The van der Waals surface area contributed by atoms with Gasteiger partial charge in [0.05, 0.1) is 6.54 Å². The van der Waals surface area contributed by atoms with Crippen molar-refractivity contribution in [2.24, 2.45) is 0 Å². The fourth-order valence-corrected chi connectivity index (χ4v) is 2.85. The monoisotopic (exact) mass is 371 g/mol. The third kappa shape index (κ3) is 5.79. The molecule has 0 unspecified atom stereocenters. The highest BCUT2D eigenvalue weighted by Gasteiger charge is 2.22. The number of amides is 2. The van der Waals surface area contributed by atoms with Gasteiger partial charge in [0.1, 0.15) is 11.6 Å². The van der Waals surface area contributed by atoms with Crippen molar-refractivity contribution < 1.29 is 18.7 Å². The van der Waals surface area contributed by atoms with Crippen LogP contribution < -0.4 is 10.1 Å². The van der Waals surface area contributed by atoms with Crippen molar-refractivity contribution >= 4 is 17.5 Å². The van der Waals surface area contributed by atoms with Crippen LogP contribution in [-0.2, 0) is 9.59 Å². The van der Waals surface area contributed by atoms with Crippen molar-refractivity contribution in [1.29, 1.82) is 0 Å². The van der Waals surface area contributed by atoms with Crippen LogP contribution >= 0.6 is 0 Å². The van der Waals surface area contributed by atoms with E-state index in [1.165, 1.54) is 24.3 Å². The Morgan fingerprint density at radius 3 is 2.30 bits per heavy atom. The molecule has 0 aliphatic carbocycles. The molecule has 0 saturated carbocycles. The molecule has 2 aromatic carbocycles. The van der Waals surface area contributed by atoms with Gasteiger partial charge in [0, 0.05) is 31.9 Å². The fourth-order valence-electron chi connectivity index (χ4n) is 2.85. The summed E-state index contributed by atoms with van der Waals surface area (Å²) >= 11 is 0. The highest BCUT2D eigenvalue weighted by Crippen LogP contribution is 2.10. The average Bonchev–Trinajstić information content (AvgIpc) is 2.69. The summed E-state index contributed by atoms with van der Waals surface area (Å²) < 4.78 is 18.4. The summed E-state index contributed by atoms with van der Waals surface area (Å²) in [5.74, 6) is 0.107. The SMILES string of the molecule is O=C(CN1CCN(C(=O)COc2ccccc2)CC1)Nc1ccc(F)cc1. The highest BCUT2D eigenvalue weighted by molar-refractivity contribution is 5.92. The van der Waals surface area contributed by atoms with E-state index in [1.54, 1.807) is 4.90 Å². The molecular formula is C20H22FN3O3. The second-order valence-electron chi connectivity index (χ2n) is 6.31. The van der Waals surface area contributed by atoms with Crippen LogP contribution in [0.4, 0.5) is 10.1 Å². The second kappa shape index (κ2) is 9.14.